The second-order valence-corrected chi connectivity index (χ2v) is 11.5. The van der Waals surface area contributed by atoms with Crippen molar-refractivity contribution in [3.8, 4) is 0 Å². The smallest absolute Gasteiger partial charge is 0.310 e. The minimum Gasteiger partial charge on any atom is -0.481 e. The van der Waals surface area contributed by atoms with Gasteiger partial charge in [0.2, 0.25) is 0 Å². The molecule has 4 atom stereocenters. The van der Waals surface area contributed by atoms with E-state index in [0.717, 1.165) is 38.3 Å². The molecule has 0 amide bonds. The first-order chi connectivity index (χ1) is 21.0. The lowest BCUT2D eigenvalue weighted by atomic mass is 9.89. The van der Waals surface area contributed by atoms with E-state index in [9.17, 15) is 14.7 Å². The number of carboxylic acids is 1. The van der Waals surface area contributed by atoms with Crippen LogP contribution in [0.3, 0.4) is 0 Å². The average Bonchev–Trinajstić information content (AvgIpc) is 3.68. The second-order valence-electron chi connectivity index (χ2n) is 11.5. The fourth-order valence-corrected chi connectivity index (χ4v) is 6.43. The highest BCUT2D eigenvalue weighted by Gasteiger charge is 2.39. The highest BCUT2D eigenvalue weighted by atomic mass is 16.5. The molecule has 4 aromatic carbocycles. The summed E-state index contributed by atoms with van der Waals surface area (Å²) >= 11 is 0. The maximum Gasteiger partial charge on any atom is 0.310 e. The maximum absolute atomic E-state index is 12.1. The van der Waals surface area contributed by atoms with Crippen molar-refractivity contribution in [2.24, 2.45) is 11.8 Å². The lowest BCUT2D eigenvalue weighted by Crippen LogP contribution is -2.24. The zero-order valence-corrected chi connectivity index (χ0v) is 24.7. The molecular weight excluding hydrogens is 536 g/mol. The fourth-order valence-electron chi connectivity index (χ4n) is 6.43. The number of benzene rings is 4. The number of aliphatic carboxylic acids is 1. The summed E-state index contributed by atoms with van der Waals surface area (Å²) in [5.74, 6) is -0.930. The third-order valence-electron chi connectivity index (χ3n) is 8.57. The summed E-state index contributed by atoms with van der Waals surface area (Å²) in [6, 6.07) is 40.9. The molecule has 0 aromatic heterocycles. The topological polar surface area (TPSA) is 70.1 Å². The first-order valence-corrected chi connectivity index (χ1v) is 14.9. The van der Waals surface area contributed by atoms with Crippen LogP contribution < -0.4 is 0 Å². The van der Waals surface area contributed by atoms with Crippen molar-refractivity contribution in [1.29, 1.82) is 0 Å². The largest absolute Gasteiger partial charge is 0.481 e. The van der Waals surface area contributed by atoms with E-state index in [0.29, 0.717) is 6.54 Å². The van der Waals surface area contributed by atoms with E-state index in [4.69, 9.17) is 4.74 Å². The van der Waals surface area contributed by atoms with Gasteiger partial charge in [-0.1, -0.05) is 121 Å². The van der Waals surface area contributed by atoms with Gasteiger partial charge in [0.05, 0.1) is 18.9 Å². The van der Waals surface area contributed by atoms with Crippen molar-refractivity contribution < 1.29 is 19.4 Å². The number of nitrogens with zero attached hydrogens (tertiary/aromatic N) is 2. The Labute approximate surface area is 254 Å². The Bertz CT molecular complexity index is 1430. The molecule has 6 nitrogen and oxygen atoms in total. The zero-order chi connectivity index (χ0) is 30.0. The molecule has 4 aromatic rings. The van der Waals surface area contributed by atoms with Crippen LogP contribution in [0.2, 0.25) is 0 Å². The first-order valence-electron chi connectivity index (χ1n) is 14.9. The first kappa shape index (κ1) is 30.2. The minimum absolute atomic E-state index is 0.0763. The molecule has 0 unspecified atom stereocenters. The van der Waals surface area contributed by atoms with Crippen LogP contribution in [0.5, 0.6) is 0 Å². The molecule has 0 radical (unpaired) electrons. The molecule has 1 N–H and O–H groups in total. The van der Waals surface area contributed by atoms with E-state index in [1.54, 1.807) is 0 Å². The van der Waals surface area contributed by atoms with Gasteiger partial charge in [-0.3, -0.25) is 19.4 Å². The van der Waals surface area contributed by atoms with Crippen molar-refractivity contribution in [2.75, 3.05) is 33.3 Å². The van der Waals surface area contributed by atoms with Crippen molar-refractivity contribution in [3.05, 3.63) is 144 Å². The van der Waals surface area contributed by atoms with Gasteiger partial charge in [-0.15, -0.1) is 0 Å². The van der Waals surface area contributed by atoms with Crippen LogP contribution in [-0.2, 0) is 27.4 Å². The number of ether oxygens (including phenoxy) is 1. The van der Waals surface area contributed by atoms with Crippen LogP contribution in [0.15, 0.2) is 121 Å². The van der Waals surface area contributed by atoms with Gasteiger partial charge >= 0.3 is 11.9 Å². The molecule has 2 aliphatic rings. The SMILES string of the molecule is COC(=O)[C@H]1CN(Cc2ccccc2)C[C@@H]1c1ccccc1.O=C(O)[C@H]1CN(Cc2ccccc2)C[C@@H]1c1ccccc1. The van der Waals surface area contributed by atoms with Gasteiger partial charge in [-0.05, 0) is 22.3 Å². The van der Waals surface area contributed by atoms with Crippen molar-refractivity contribution in [3.63, 3.8) is 0 Å². The highest BCUT2D eigenvalue weighted by Crippen LogP contribution is 2.35. The quantitative estimate of drug-likeness (QED) is 0.257. The highest BCUT2D eigenvalue weighted by molar-refractivity contribution is 5.74. The molecular formula is C37H40N2O4. The number of rotatable bonds is 8. The summed E-state index contributed by atoms with van der Waals surface area (Å²) in [6.45, 7) is 4.74. The van der Waals surface area contributed by atoms with Gasteiger partial charge in [0.15, 0.2) is 0 Å². The third kappa shape index (κ3) is 7.98. The number of hydrogen-bond donors (Lipinski definition) is 1. The molecule has 222 valence electrons. The minimum atomic E-state index is -0.695. The molecule has 2 aliphatic heterocycles. The zero-order valence-electron chi connectivity index (χ0n) is 24.7. The molecule has 2 fully saturated rings. The van der Waals surface area contributed by atoms with Gasteiger partial charge in [-0.2, -0.15) is 0 Å². The summed E-state index contributed by atoms with van der Waals surface area (Å²) in [4.78, 5) is 28.3. The van der Waals surface area contributed by atoms with Crippen molar-refractivity contribution >= 4 is 11.9 Å². The third-order valence-corrected chi connectivity index (χ3v) is 8.57. The molecule has 0 aliphatic carbocycles. The van der Waals surface area contributed by atoms with Crippen LogP contribution >= 0.6 is 0 Å². The normalized spacial score (nSPS) is 22.0. The molecule has 43 heavy (non-hydrogen) atoms. The Kier molecular flexibility index (Phi) is 10.4. The van der Waals surface area contributed by atoms with Crippen molar-refractivity contribution in [1.82, 2.24) is 9.80 Å². The van der Waals surface area contributed by atoms with E-state index in [1.165, 1.54) is 23.8 Å². The van der Waals surface area contributed by atoms with Crippen LogP contribution in [-0.4, -0.2) is 60.1 Å². The van der Waals surface area contributed by atoms with E-state index in [1.807, 2.05) is 72.8 Å². The summed E-state index contributed by atoms with van der Waals surface area (Å²) in [6.07, 6.45) is 0. The van der Waals surface area contributed by atoms with Gasteiger partial charge in [0.1, 0.15) is 0 Å². The summed E-state index contributed by atoms with van der Waals surface area (Å²) in [5.41, 5.74) is 4.85. The lowest BCUT2D eigenvalue weighted by Gasteiger charge is -2.16. The average molecular weight is 577 g/mol. The predicted molar refractivity (Wildman–Crippen MR) is 168 cm³/mol. The van der Waals surface area contributed by atoms with Crippen LogP contribution in [0.25, 0.3) is 0 Å². The lowest BCUT2D eigenvalue weighted by molar-refractivity contribution is -0.145. The number of likely N-dealkylation sites (tertiary alicyclic amines) is 2. The number of carboxylic acid groups (broad SMARTS) is 1. The Morgan fingerprint density at radius 3 is 1.37 bits per heavy atom. The van der Waals surface area contributed by atoms with Crippen LogP contribution in [0.4, 0.5) is 0 Å². The number of carbonyl (C=O) groups excluding carboxylic acids is 1. The van der Waals surface area contributed by atoms with Crippen molar-refractivity contribution in [2.45, 2.75) is 24.9 Å². The molecule has 2 heterocycles. The van der Waals surface area contributed by atoms with E-state index in [2.05, 4.69) is 58.3 Å². The van der Waals surface area contributed by atoms with Gasteiger partial charge in [0.25, 0.3) is 0 Å². The molecule has 6 heteroatoms. The predicted octanol–water partition coefficient (Wildman–Crippen LogP) is 6.06. The van der Waals surface area contributed by atoms with E-state index >= 15 is 0 Å². The molecule has 6 rings (SSSR count). The molecule has 0 saturated carbocycles. The number of carbonyl (C=O) groups is 2. The summed E-state index contributed by atoms with van der Waals surface area (Å²) < 4.78 is 5.02. The molecule has 2 saturated heterocycles. The van der Waals surface area contributed by atoms with Gasteiger partial charge < -0.3 is 9.84 Å². The van der Waals surface area contributed by atoms with Crippen LogP contribution in [0, 0.1) is 11.8 Å². The number of hydrogen-bond acceptors (Lipinski definition) is 5. The maximum atomic E-state index is 12.1. The van der Waals surface area contributed by atoms with Gasteiger partial charge in [0, 0.05) is 51.1 Å². The summed E-state index contributed by atoms with van der Waals surface area (Å²) in [7, 11) is 1.48. The molecule has 0 spiro atoms. The monoisotopic (exact) mass is 576 g/mol. The van der Waals surface area contributed by atoms with Gasteiger partial charge in [-0.25, -0.2) is 0 Å². The van der Waals surface area contributed by atoms with E-state index < -0.39 is 5.97 Å². The molecule has 0 bridgehead atoms. The number of esters is 1. The Morgan fingerprint density at radius 1 is 0.605 bits per heavy atom. The van der Waals surface area contributed by atoms with E-state index in [-0.39, 0.29) is 29.6 Å². The number of methoxy groups -OCH3 is 1. The Balaban J connectivity index is 0.000000171. The fraction of sp³-hybridized carbons (Fsp3) is 0.297. The van der Waals surface area contributed by atoms with Crippen LogP contribution in [0.1, 0.15) is 34.1 Å². The second kappa shape index (κ2) is 14.8. The Morgan fingerprint density at radius 2 is 0.977 bits per heavy atom. The summed E-state index contributed by atoms with van der Waals surface area (Å²) in [5, 5.41) is 9.50. The standard InChI is InChI=1S/C19H21NO2.C18H19NO2/c1-22-19(21)18-14-20(12-15-8-4-2-5-9-15)13-17(18)16-10-6-3-7-11-16;20-18(21)17-13-19(11-14-7-3-1-4-8-14)12-16(17)15-9-5-2-6-10-15/h2-11,17-18H,12-14H2,1H3;1-10,16-17H,11-13H2,(H,20,21)/t17-,18+;16-,17+/m11/s1. The Hall–Kier alpha value is -4.26.